The summed E-state index contributed by atoms with van der Waals surface area (Å²) in [5.74, 6) is -1.30. The van der Waals surface area contributed by atoms with Crippen molar-refractivity contribution in [1.29, 1.82) is 0 Å². The molecule has 1 aliphatic heterocycles. The highest BCUT2D eigenvalue weighted by atomic mass is 32.2. The minimum absolute atomic E-state index is 0.0147. The highest BCUT2D eigenvalue weighted by Crippen LogP contribution is 2.27. The van der Waals surface area contributed by atoms with Crippen LogP contribution in [0.3, 0.4) is 0 Å². The summed E-state index contributed by atoms with van der Waals surface area (Å²) in [7, 11) is -2.84. The van der Waals surface area contributed by atoms with Gasteiger partial charge >= 0.3 is 5.97 Å². The molecule has 1 amide bonds. The highest BCUT2D eigenvalue weighted by Gasteiger charge is 2.44. The molecule has 0 aromatic heterocycles. The third-order valence-electron chi connectivity index (χ3n) is 2.93. The van der Waals surface area contributed by atoms with Crippen LogP contribution in [0.15, 0.2) is 35.2 Å². The standard InChI is InChI=1S/C12H13NO5S/c1-18-12(15)10-7-8-11(14)13(10)19(16,17)9-5-3-2-4-6-9/h2-6,10H,7-8H2,1H3/t10-/m1/s1. The first-order chi connectivity index (χ1) is 8.98. The van der Waals surface area contributed by atoms with Gasteiger partial charge in [0.25, 0.3) is 10.0 Å². The highest BCUT2D eigenvalue weighted by molar-refractivity contribution is 7.89. The lowest BCUT2D eigenvalue weighted by molar-refractivity contribution is -0.146. The second kappa shape index (κ2) is 5.00. The van der Waals surface area contributed by atoms with Crippen molar-refractivity contribution in [1.82, 2.24) is 4.31 Å². The Morgan fingerprint density at radius 1 is 1.32 bits per heavy atom. The van der Waals surface area contributed by atoms with Crippen LogP contribution < -0.4 is 0 Å². The van der Waals surface area contributed by atoms with Crippen molar-refractivity contribution in [3.05, 3.63) is 30.3 Å². The van der Waals surface area contributed by atoms with Crippen LogP contribution in [-0.2, 0) is 24.3 Å². The maximum absolute atomic E-state index is 12.4. The first kappa shape index (κ1) is 13.5. The van der Waals surface area contributed by atoms with Crippen LogP contribution in [-0.4, -0.2) is 37.8 Å². The van der Waals surface area contributed by atoms with E-state index in [1.807, 2.05) is 0 Å². The van der Waals surface area contributed by atoms with Gasteiger partial charge in [-0.3, -0.25) is 4.79 Å². The SMILES string of the molecule is COC(=O)[C@H]1CCC(=O)N1S(=O)(=O)c1ccccc1. The van der Waals surface area contributed by atoms with E-state index in [4.69, 9.17) is 0 Å². The molecule has 0 radical (unpaired) electrons. The zero-order chi connectivity index (χ0) is 14.0. The number of methoxy groups -OCH3 is 1. The van der Waals surface area contributed by atoms with E-state index in [0.29, 0.717) is 4.31 Å². The number of nitrogens with zero attached hydrogens (tertiary/aromatic N) is 1. The molecule has 6 nitrogen and oxygen atoms in total. The molecule has 102 valence electrons. The molecule has 1 aliphatic rings. The van der Waals surface area contributed by atoms with Gasteiger partial charge in [0.15, 0.2) is 0 Å². The van der Waals surface area contributed by atoms with Crippen molar-refractivity contribution in [2.24, 2.45) is 0 Å². The summed E-state index contributed by atoms with van der Waals surface area (Å²) in [5, 5.41) is 0. The second-order valence-corrected chi connectivity index (χ2v) is 5.90. The number of benzene rings is 1. The minimum Gasteiger partial charge on any atom is -0.467 e. The van der Waals surface area contributed by atoms with Crippen LogP contribution in [0.2, 0.25) is 0 Å². The van der Waals surface area contributed by atoms with E-state index >= 15 is 0 Å². The van der Waals surface area contributed by atoms with Gasteiger partial charge in [-0.15, -0.1) is 0 Å². The zero-order valence-corrected chi connectivity index (χ0v) is 11.1. The van der Waals surface area contributed by atoms with Gasteiger partial charge in [-0.25, -0.2) is 17.5 Å². The summed E-state index contributed by atoms with van der Waals surface area (Å²) in [5.41, 5.74) is 0. The lowest BCUT2D eigenvalue weighted by Crippen LogP contribution is -2.43. The molecule has 1 atom stereocenters. The molecule has 1 fully saturated rings. The molecule has 0 N–H and O–H groups in total. The lowest BCUT2D eigenvalue weighted by Gasteiger charge is -2.22. The fourth-order valence-electron chi connectivity index (χ4n) is 2.02. The van der Waals surface area contributed by atoms with Gasteiger partial charge in [-0.05, 0) is 18.6 Å². The first-order valence-corrected chi connectivity index (χ1v) is 7.12. The second-order valence-electron chi connectivity index (χ2n) is 4.09. The Labute approximate surface area is 111 Å². The van der Waals surface area contributed by atoms with Crippen molar-refractivity contribution in [2.75, 3.05) is 7.11 Å². The van der Waals surface area contributed by atoms with Crippen molar-refractivity contribution in [3.63, 3.8) is 0 Å². The maximum atomic E-state index is 12.4. The first-order valence-electron chi connectivity index (χ1n) is 5.68. The van der Waals surface area contributed by atoms with E-state index in [9.17, 15) is 18.0 Å². The van der Waals surface area contributed by atoms with Gasteiger partial charge in [0.2, 0.25) is 5.91 Å². The smallest absolute Gasteiger partial charge is 0.329 e. The summed E-state index contributed by atoms with van der Waals surface area (Å²) >= 11 is 0. The van der Waals surface area contributed by atoms with Gasteiger partial charge in [0.05, 0.1) is 12.0 Å². The molecule has 0 bridgehead atoms. The third-order valence-corrected chi connectivity index (χ3v) is 4.78. The topological polar surface area (TPSA) is 80.8 Å². The van der Waals surface area contributed by atoms with E-state index in [-0.39, 0.29) is 17.7 Å². The molecule has 7 heteroatoms. The average molecular weight is 283 g/mol. The molecule has 0 spiro atoms. The van der Waals surface area contributed by atoms with Gasteiger partial charge in [0.1, 0.15) is 6.04 Å². The summed E-state index contributed by atoms with van der Waals surface area (Å²) in [6, 6.07) is 6.48. The summed E-state index contributed by atoms with van der Waals surface area (Å²) in [6.07, 6.45) is 0.170. The van der Waals surface area contributed by atoms with E-state index in [1.165, 1.54) is 19.2 Å². The maximum Gasteiger partial charge on any atom is 0.329 e. The van der Waals surface area contributed by atoms with Crippen LogP contribution in [0.1, 0.15) is 12.8 Å². The Morgan fingerprint density at radius 3 is 2.53 bits per heavy atom. The Kier molecular flexibility index (Phi) is 3.57. The minimum atomic E-state index is -4.01. The molecule has 0 aliphatic carbocycles. The average Bonchev–Trinajstić information content (AvgIpc) is 2.81. The molecular formula is C12H13NO5S. The number of rotatable bonds is 3. The number of hydrogen-bond donors (Lipinski definition) is 0. The monoisotopic (exact) mass is 283 g/mol. The predicted molar refractivity (Wildman–Crippen MR) is 65.5 cm³/mol. The van der Waals surface area contributed by atoms with Crippen LogP contribution >= 0.6 is 0 Å². The fourth-order valence-corrected chi connectivity index (χ4v) is 3.63. The molecular weight excluding hydrogens is 270 g/mol. The van der Waals surface area contributed by atoms with E-state index in [2.05, 4.69) is 4.74 Å². The molecule has 1 heterocycles. The molecule has 1 saturated heterocycles. The Bertz CT molecular complexity index is 596. The van der Waals surface area contributed by atoms with Gasteiger partial charge < -0.3 is 4.74 Å². The predicted octanol–water partition coefficient (Wildman–Crippen LogP) is 0.539. The summed E-state index contributed by atoms with van der Waals surface area (Å²) in [4.78, 5) is 23.3. The van der Waals surface area contributed by atoms with E-state index in [0.717, 1.165) is 0 Å². The van der Waals surface area contributed by atoms with E-state index in [1.54, 1.807) is 18.2 Å². The molecule has 1 aromatic carbocycles. The van der Waals surface area contributed by atoms with Gasteiger partial charge in [0, 0.05) is 6.42 Å². The fraction of sp³-hybridized carbons (Fsp3) is 0.333. The molecule has 0 saturated carbocycles. The number of carbonyl (C=O) groups excluding carboxylic acids is 2. The van der Waals surface area contributed by atoms with Crippen LogP contribution in [0.25, 0.3) is 0 Å². The van der Waals surface area contributed by atoms with Crippen LogP contribution in [0.5, 0.6) is 0 Å². The Morgan fingerprint density at radius 2 is 1.95 bits per heavy atom. The number of esters is 1. The third kappa shape index (κ3) is 2.33. The largest absolute Gasteiger partial charge is 0.467 e. The normalized spacial score (nSPS) is 19.5. The van der Waals surface area contributed by atoms with Crippen molar-refractivity contribution in [2.45, 2.75) is 23.8 Å². The number of hydrogen-bond acceptors (Lipinski definition) is 5. The van der Waals surface area contributed by atoms with Crippen LogP contribution in [0.4, 0.5) is 0 Å². The molecule has 2 rings (SSSR count). The van der Waals surface area contributed by atoms with Gasteiger partial charge in [-0.1, -0.05) is 18.2 Å². The quantitative estimate of drug-likeness (QED) is 0.756. The Balaban J connectivity index is 2.43. The van der Waals surface area contributed by atoms with Crippen molar-refractivity contribution >= 4 is 21.9 Å². The van der Waals surface area contributed by atoms with Gasteiger partial charge in [-0.2, -0.15) is 0 Å². The molecule has 0 unspecified atom stereocenters. The van der Waals surface area contributed by atoms with E-state index < -0.39 is 27.9 Å². The zero-order valence-electron chi connectivity index (χ0n) is 10.3. The summed E-state index contributed by atoms with van der Waals surface area (Å²) < 4.78 is 29.9. The number of carbonyl (C=O) groups is 2. The summed E-state index contributed by atoms with van der Waals surface area (Å²) in [6.45, 7) is 0. The number of sulfonamides is 1. The van der Waals surface area contributed by atoms with Crippen molar-refractivity contribution < 1.29 is 22.7 Å². The Hall–Kier alpha value is -1.89. The number of ether oxygens (including phenoxy) is 1. The number of amides is 1. The molecule has 19 heavy (non-hydrogen) atoms. The lowest BCUT2D eigenvalue weighted by atomic mass is 10.2. The molecule has 1 aromatic rings. The van der Waals surface area contributed by atoms with Crippen LogP contribution in [0, 0.1) is 0 Å². The van der Waals surface area contributed by atoms with Crippen molar-refractivity contribution in [3.8, 4) is 0 Å².